The molecule has 0 amide bonds. The summed E-state index contributed by atoms with van der Waals surface area (Å²) in [5, 5.41) is 3.48. The zero-order valence-electron chi connectivity index (χ0n) is 12.3. The minimum Gasteiger partial charge on any atom is -0.373 e. The Bertz CT molecular complexity index is 216. The number of morpholine rings is 1. The number of nitrogens with zero attached hydrogens (tertiary/aromatic N) is 1. The Morgan fingerprint density at radius 2 is 2.00 bits per heavy atom. The zero-order valence-corrected chi connectivity index (χ0v) is 12.3. The molecule has 0 aromatic carbocycles. The zero-order chi connectivity index (χ0) is 12.9. The normalized spacial score (nSPS) is 22.9. The molecular weight excluding hydrogens is 212 g/mol. The van der Waals surface area contributed by atoms with E-state index in [1.165, 1.54) is 12.8 Å². The number of hydrogen-bond donors (Lipinski definition) is 1. The third kappa shape index (κ3) is 5.84. The number of hydrogen-bond acceptors (Lipinski definition) is 3. The van der Waals surface area contributed by atoms with Crippen LogP contribution in [0.15, 0.2) is 0 Å². The van der Waals surface area contributed by atoms with Gasteiger partial charge in [0.05, 0.1) is 12.2 Å². The first-order chi connectivity index (χ1) is 7.91. The molecule has 3 heteroatoms. The van der Waals surface area contributed by atoms with Crippen LogP contribution in [-0.4, -0.2) is 48.8 Å². The van der Waals surface area contributed by atoms with Crippen molar-refractivity contribution in [3.8, 4) is 0 Å². The second kappa shape index (κ2) is 6.72. The van der Waals surface area contributed by atoms with E-state index in [1.807, 2.05) is 0 Å². The second-order valence-corrected chi connectivity index (χ2v) is 6.18. The Morgan fingerprint density at radius 3 is 2.59 bits per heavy atom. The van der Waals surface area contributed by atoms with E-state index in [4.69, 9.17) is 4.74 Å². The highest BCUT2D eigenvalue weighted by Gasteiger charge is 2.29. The minimum atomic E-state index is 0.0304. The van der Waals surface area contributed by atoms with Gasteiger partial charge in [-0.1, -0.05) is 13.8 Å². The summed E-state index contributed by atoms with van der Waals surface area (Å²) in [5.41, 5.74) is 0.0304. The molecule has 1 heterocycles. The van der Waals surface area contributed by atoms with Gasteiger partial charge in [-0.2, -0.15) is 0 Å². The van der Waals surface area contributed by atoms with Crippen LogP contribution in [0.3, 0.4) is 0 Å². The predicted molar refractivity (Wildman–Crippen MR) is 73.4 cm³/mol. The first-order valence-corrected chi connectivity index (χ1v) is 7.02. The molecule has 0 radical (unpaired) electrons. The second-order valence-electron chi connectivity index (χ2n) is 6.18. The molecule has 1 rings (SSSR count). The Kier molecular flexibility index (Phi) is 5.90. The summed E-state index contributed by atoms with van der Waals surface area (Å²) in [4.78, 5) is 2.57. The van der Waals surface area contributed by atoms with Gasteiger partial charge in [0.15, 0.2) is 0 Å². The lowest BCUT2D eigenvalue weighted by atomic mass is 10.0. The minimum absolute atomic E-state index is 0.0304. The number of ether oxygens (including phenoxy) is 1. The molecule has 17 heavy (non-hydrogen) atoms. The van der Waals surface area contributed by atoms with E-state index in [2.05, 4.69) is 44.8 Å². The first-order valence-electron chi connectivity index (χ1n) is 7.02. The summed E-state index contributed by atoms with van der Waals surface area (Å²) in [6, 6.07) is 1.28. The molecule has 102 valence electrons. The average Bonchev–Trinajstić information content (AvgIpc) is 2.22. The van der Waals surface area contributed by atoms with Crippen LogP contribution in [0.1, 0.15) is 47.5 Å². The fourth-order valence-corrected chi connectivity index (χ4v) is 2.40. The van der Waals surface area contributed by atoms with E-state index >= 15 is 0 Å². The summed E-state index contributed by atoms with van der Waals surface area (Å²) in [5.74, 6) is 0. The Hall–Kier alpha value is -0.120. The molecule has 1 unspecified atom stereocenters. The van der Waals surface area contributed by atoms with Crippen LogP contribution in [0.5, 0.6) is 0 Å². The van der Waals surface area contributed by atoms with Crippen molar-refractivity contribution in [2.24, 2.45) is 0 Å². The third-order valence-corrected chi connectivity index (χ3v) is 3.43. The van der Waals surface area contributed by atoms with Crippen LogP contribution in [0.4, 0.5) is 0 Å². The van der Waals surface area contributed by atoms with Crippen molar-refractivity contribution in [1.29, 1.82) is 0 Å². The third-order valence-electron chi connectivity index (χ3n) is 3.43. The van der Waals surface area contributed by atoms with Crippen LogP contribution < -0.4 is 5.32 Å². The van der Waals surface area contributed by atoms with Crippen molar-refractivity contribution in [3.63, 3.8) is 0 Å². The first kappa shape index (κ1) is 14.9. The van der Waals surface area contributed by atoms with Gasteiger partial charge in [-0.05, 0) is 40.2 Å². The molecule has 0 aromatic heterocycles. The van der Waals surface area contributed by atoms with Crippen molar-refractivity contribution in [1.82, 2.24) is 10.2 Å². The number of rotatable bonds is 6. The standard InChI is InChI=1S/C14H30N2O/c1-12(2)15-8-6-7-13(3)16-9-10-17-14(4,5)11-16/h12-13,15H,6-11H2,1-5H3. The summed E-state index contributed by atoms with van der Waals surface area (Å²) < 4.78 is 5.75. The van der Waals surface area contributed by atoms with Gasteiger partial charge < -0.3 is 10.1 Å². The van der Waals surface area contributed by atoms with Crippen molar-refractivity contribution in [2.75, 3.05) is 26.2 Å². The molecule has 0 spiro atoms. The Balaban J connectivity index is 2.20. The maximum atomic E-state index is 5.75. The molecular formula is C14H30N2O. The number of nitrogens with one attached hydrogen (secondary N) is 1. The van der Waals surface area contributed by atoms with E-state index in [0.717, 1.165) is 26.2 Å². The molecule has 0 bridgehead atoms. The maximum absolute atomic E-state index is 5.75. The maximum Gasteiger partial charge on any atom is 0.0753 e. The van der Waals surface area contributed by atoms with Crippen LogP contribution in [0.2, 0.25) is 0 Å². The molecule has 0 saturated carbocycles. The molecule has 3 nitrogen and oxygen atoms in total. The lowest BCUT2D eigenvalue weighted by Crippen LogP contribution is -2.51. The molecule has 1 aliphatic heterocycles. The fraction of sp³-hybridized carbons (Fsp3) is 1.00. The van der Waals surface area contributed by atoms with E-state index < -0.39 is 0 Å². The van der Waals surface area contributed by atoms with Crippen LogP contribution in [-0.2, 0) is 4.74 Å². The molecule has 1 fully saturated rings. The molecule has 0 aliphatic carbocycles. The average molecular weight is 242 g/mol. The van der Waals surface area contributed by atoms with Crippen molar-refractivity contribution in [3.05, 3.63) is 0 Å². The molecule has 1 aliphatic rings. The van der Waals surface area contributed by atoms with E-state index in [0.29, 0.717) is 12.1 Å². The van der Waals surface area contributed by atoms with Gasteiger partial charge in [-0.3, -0.25) is 4.90 Å². The SMILES string of the molecule is CC(C)NCCCC(C)N1CCOC(C)(C)C1. The Labute approximate surface area is 107 Å². The molecule has 1 atom stereocenters. The van der Waals surface area contributed by atoms with Crippen LogP contribution in [0, 0.1) is 0 Å². The molecule has 0 aromatic rings. The van der Waals surface area contributed by atoms with Gasteiger partial charge in [0, 0.05) is 25.2 Å². The lowest BCUT2D eigenvalue weighted by molar-refractivity contribution is -0.0960. The summed E-state index contributed by atoms with van der Waals surface area (Å²) in [7, 11) is 0. The predicted octanol–water partition coefficient (Wildman–Crippen LogP) is 2.26. The monoisotopic (exact) mass is 242 g/mol. The Morgan fingerprint density at radius 1 is 1.29 bits per heavy atom. The highest BCUT2D eigenvalue weighted by molar-refractivity contribution is 4.82. The van der Waals surface area contributed by atoms with Crippen molar-refractivity contribution >= 4 is 0 Å². The van der Waals surface area contributed by atoms with Crippen LogP contribution >= 0.6 is 0 Å². The van der Waals surface area contributed by atoms with Gasteiger partial charge >= 0.3 is 0 Å². The fourth-order valence-electron chi connectivity index (χ4n) is 2.40. The lowest BCUT2D eigenvalue weighted by Gasteiger charge is -2.41. The topological polar surface area (TPSA) is 24.5 Å². The van der Waals surface area contributed by atoms with E-state index in [1.54, 1.807) is 0 Å². The summed E-state index contributed by atoms with van der Waals surface area (Å²) in [6.45, 7) is 15.3. The summed E-state index contributed by atoms with van der Waals surface area (Å²) in [6.07, 6.45) is 2.53. The molecule has 1 N–H and O–H groups in total. The van der Waals surface area contributed by atoms with Crippen LogP contribution in [0.25, 0.3) is 0 Å². The highest BCUT2D eigenvalue weighted by atomic mass is 16.5. The van der Waals surface area contributed by atoms with Gasteiger partial charge in [0.25, 0.3) is 0 Å². The van der Waals surface area contributed by atoms with Gasteiger partial charge in [-0.15, -0.1) is 0 Å². The van der Waals surface area contributed by atoms with Gasteiger partial charge in [0.2, 0.25) is 0 Å². The quantitative estimate of drug-likeness (QED) is 0.723. The highest BCUT2D eigenvalue weighted by Crippen LogP contribution is 2.19. The summed E-state index contributed by atoms with van der Waals surface area (Å²) >= 11 is 0. The largest absolute Gasteiger partial charge is 0.373 e. The van der Waals surface area contributed by atoms with E-state index in [9.17, 15) is 0 Å². The van der Waals surface area contributed by atoms with Crippen molar-refractivity contribution in [2.45, 2.75) is 65.1 Å². The van der Waals surface area contributed by atoms with E-state index in [-0.39, 0.29) is 5.60 Å². The molecule has 1 saturated heterocycles. The van der Waals surface area contributed by atoms with Gasteiger partial charge in [-0.25, -0.2) is 0 Å². The van der Waals surface area contributed by atoms with Gasteiger partial charge in [0.1, 0.15) is 0 Å². The van der Waals surface area contributed by atoms with Crippen molar-refractivity contribution < 1.29 is 4.74 Å². The smallest absolute Gasteiger partial charge is 0.0753 e.